The summed E-state index contributed by atoms with van der Waals surface area (Å²) in [5.74, 6) is 0.907. The van der Waals surface area contributed by atoms with Gasteiger partial charge in [-0.15, -0.1) is 0 Å². The third-order valence-electron chi connectivity index (χ3n) is 3.39. The average Bonchev–Trinajstić information content (AvgIpc) is 2.44. The number of nitrogens with one attached hydrogen (secondary N) is 1. The standard InChI is InChI=1S/C17H22N2O/c1-5-20-15-9-7-14(8-10-15)17(18-4)16-11-6-12(2)19-13(16)3/h6-11,17-18H,5H2,1-4H3. The van der Waals surface area contributed by atoms with Gasteiger partial charge in [-0.05, 0) is 57.1 Å². The van der Waals surface area contributed by atoms with E-state index in [1.807, 2.05) is 33.0 Å². The van der Waals surface area contributed by atoms with Crippen molar-refractivity contribution in [1.82, 2.24) is 10.3 Å². The summed E-state index contributed by atoms with van der Waals surface area (Å²) >= 11 is 0. The number of hydrogen-bond acceptors (Lipinski definition) is 3. The van der Waals surface area contributed by atoms with Crippen molar-refractivity contribution in [2.24, 2.45) is 0 Å². The minimum absolute atomic E-state index is 0.152. The molecule has 1 N–H and O–H groups in total. The van der Waals surface area contributed by atoms with E-state index in [-0.39, 0.29) is 6.04 Å². The maximum absolute atomic E-state index is 5.49. The number of aryl methyl sites for hydroxylation is 2. The zero-order chi connectivity index (χ0) is 14.5. The van der Waals surface area contributed by atoms with E-state index < -0.39 is 0 Å². The Balaban J connectivity index is 2.31. The second kappa shape index (κ2) is 6.53. The van der Waals surface area contributed by atoms with Crippen LogP contribution >= 0.6 is 0 Å². The van der Waals surface area contributed by atoms with Gasteiger partial charge in [0.15, 0.2) is 0 Å². The molecule has 0 aliphatic carbocycles. The van der Waals surface area contributed by atoms with E-state index in [0.717, 1.165) is 17.1 Å². The first-order chi connectivity index (χ1) is 9.65. The van der Waals surface area contributed by atoms with E-state index in [1.54, 1.807) is 0 Å². The summed E-state index contributed by atoms with van der Waals surface area (Å²) in [5, 5.41) is 3.37. The van der Waals surface area contributed by atoms with Crippen LogP contribution in [0.5, 0.6) is 5.75 Å². The van der Waals surface area contributed by atoms with Crippen molar-refractivity contribution in [3.8, 4) is 5.75 Å². The molecular formula is C17H22N2O. The first-order valence-electron chi connectivity index (χ1n) is 7.00. The Morgan fingerprint density at radius 1 is 1.10 bits per heavy atom. The molecule has 106 valence electrons. The topological polar surface area (TPSA) is 34.1 Å². The van der Waals surface area contributed by atoms with Gasteiger partial charge in [-0.2, -0.15) is 0 Å². The number of nitrogens with zero attached hydrogens (tertiary/aromatic N) is 1. The van der Waals surface area contributed by atoms with Crippen molar-refractivity contribution < 1.29 is 4.74 Å². The molecule has 1 aromatic carbocycles. The van der Waals surface area contributed by atoms with Crippen molar-refractivity contribution in [3.63, 3.8) is 0 Å². The SMILES string of the molecule is CCOc1ccc(C(NC)c2ccc(C)nc2C)cc1. The monoisotopic (exact) mass is 270 g/mol. The van der Waals surface area contributed by atoms with Gasteiger partial charge in [0.05, 0.1) is 12.6 Å². The molecule has 3 heteroatoms. The molecule has 2 rings (SSSR count). The summed E-state index contributed by atoms with van der Waals surface area (Å²) in [6.45, 7) is 6.75. The zero-order valence-electron chi connectivity index (χ0n) is 12.6. The Hall–Kier alpha value is -1.87. The first-order valence-corrected chi connectivity index (χ1v) is 7.00. The fraction of sp³-hybridized carbons (Fsp3) is 0.353. The Labute approximate surface area is 121 Å². The lowest BCUT2D eigenvalue weighted by Crippen LogP contribution is -2.19. The van der Waals surface area contributed by atoms with E-state index in [1.165, 1.54) is 11.1 Å². The van der Waals surface area contributed by atoms with Crippen molar-refractivity contribution in [2.75, 3.05) is 13.7 Å². The van der Waals surface area contributed by atoms with E-state index in [2.05, 4.69) is 41.5 Å². The normalized spacial score (nSPS) is 12.2. The maximum atomic E-state index is 5.49. The molecule has 0 saturated carbocycles. The van der Waals surface area contributed by atoms with Crippen LogP contribution in [0.4, 0.5) is 0 Å². The molecule has 0 radical (unpaired) electrons. The Morgan fingerprint density at radius 3 is 2.35 bits per heavy atom. The number of pyridine rings is 1. The van der Waals surface area contributed by atoms with Gasteiger partial charge in [-0.3, -0.25) is 4.98 Å². The molecule has 3 nitrogen and oxygen atoms in total. The van der Waals surface area contributed by atoms with Gasteiger partial charge in [0.25, 0.3) is 0 Å². The predicted molar refractivity (Wildman–Crippen MR) is 82.2 cm³/mol. The summed E-state index contributed by atoms with van der Waals surface area (Å²) in [4.78, 5) is 4.55. The lowest BCUT2D eigenvalue weighted by atomic mass is 9.97. The minimum Gasteiger partial charge on any atom is -0.494 e. The molecule has 1 heterocycles. The summed E-state index contributed by atoms with van der Waals surface area (Å²) in [7, 11) is 1.97. The molecule has 2 aromatic rings. The molecule has 1 aromatic heterocycles. The zero-order valence-corrected chi connectivity index (χ0v) is 12.6. The fourth-order valence-corrected chi connectivity index (χ4v) is 2.43. The van der Waals surface area contributed by atoms with Crippen LogP contribution < -0.4 is 10.1 Å². The summed E-state index contributed by atoms with van der Waals surface area (Å²) in [6, 6.07) is 12.6. The van der Waals surface area contributed by atoms with Crippen molar-refractivity contribution >= 4 is 0 Å². The molecule has 0 bridgehead atoms. The molecule has 20 heavy (non-hydrogen) atoms. The van der Waals surface area contributed by atoms with Crippen LogP contribution in [0.2, 0.25) is 0 Å². The third kappa shape index (κ3) is 3.17. The van der Waals surface area contributed by atoms with E-state index in [4.69, 9.17) is 4.74 Å². The molecule has 0 aliphatic rings. The number of benzene rings is 1. The van der Waals surface area contributed by atoms with Gasteiger partial charge >= 0.3 is 0 Å². The largest absolute Gasteiger partial charge is 0.494 e. The van der Waals surface area contributed by atoms with Gasteiger partial charge < -0.3 is 10.1 Å². The van der Waals surface area contributed by atoms with Crippen molar-refractivity contribution in [3.05, 3.63) is 58.9 Å². The number of rotatable bonds is 5. The van der Waals surface area contributed by atoms with Gasteiger partial charge in [0.1, 0.15) is 5.75 Å². The highest BCUT2D eigenvalue weighted by Crippen LogP contribution is 2.25. The quantitative estimate of drug-likeness (QED) is 0.904. The highest BCUT2D eigenvalue weighted by molar-refractivity contribution is 5.37. The Bertz CT molecular complexity index is 564. The smallest absolute Gasteiger partial charge is 0.119 e. The van der Waals surface area contributed by atoms with Gasteiger partial charge in [-0.25, -0.2) is 0 Å². The van der Waals surface area contributed by atoms with E-state index in [9.17, 15) is 0 Å². The lowest BCUT2D eigenvalue weighted by molar-refractivity contribution is 0.340. The number of aromatic nitrogens is 1. The van der Waals surface area contributed by atoms with Crippen LogP contribution in [0.3, 0.4) is 0 Å². The molecule has 1 unspecified atom stereocenters. The van der Waals surface area contributed by atoms with Gasteiger partial charge in [0, 0.05) is 11.4 Å². The van der Waals surface area contributed by atoms with Crippen molar-refractivity contribution in [1.29, 1.82) is 0 Å². The summed E-state index contributed by atoms with van der Waals surface area (Å²) in [6.07, 6.45) is 0. The van der Waals surface area contributed by atoms with Crippen LogP contribution in [0, 0.1) is 13.8 Å². The number of hydrogen-bond donors (Lipinski definition) is 1. The fourth-order valence-electron chi connectivity index (χ4n) is 2.43. The second-order valence-electron chi connectivity index (χ2n) is 4.85. The average molecular weight is 270 g/mol. The highest BCUT2D eigenvalue weighted by Gasteiger charge is 2.15. The number of ether oxygens (including phenoxy) is 1. The van der Waals surface area contributed by atoms with E-state index >= 15 is 0 Å². The molecule has 0 aliphatic heterocycles. The molecule has 0 saturated heterocycles. The summed E-state index contributed by atoms with van der Waals surface area (Å²) in [5.41, 5.74) is 4.54. The molecule has 1 atom stereocenters. The first kappa shape index (κ1) is 14.5. The van der Waals surface area contributed by atoms with E-state index in [0.29, 0.717) is 6.61 Å². The minimum atomic E-state index is 0.152. The van der Waals surface area contributed by atoms with Crippen LogP contribution in [0.15, 0.2) is 36.4 Å². The summed E-state index contributed by atoms with van der Waals surface area (Å²) < 4.78 is 5.49. The van der Waals surface area contributed by atoms with Gasteiger partial charge in [0.2, 0.25) is 0 Å². The van der Waals surface area contributed by atoms with Crippen LogP contribution in [0.1, 0.15) is 35.5 Å². The third-order valence-corrected chi connectivity index (χ3v) is 3.39. The predicted octanol–water partition coefficient (Wildman–Crippen LogP) is 3.41. The molecule has 0 fully saturated rings. The Kier molecular flexibility index (Phi) is 4.74. The van der Waals surface area contributed by atoms with Gasteiger partial charge in [-0.1, -0.05) is 18.2 Å². The molecular weight excluding hydrogens is 248 g/mol. The second-order valence-corrected chi connectivity index (χ2v) is 4.85. The van der Waals surface area contributed by atoms with Crippen molar-refractivity contribution in [2.45, 2.75) is 26.8 Å². The molecule has 0 spiro atoms. The van der Waals surface area contributed by atoms with Crippen LogP contribution in [-0.4, -0.2) is 18.6 Å². The van der Waals surface area contributed by atoms with Crippen LogP contribution in [0.25, 0.3) is 0 Å². The maximum Gasteiger partial charge on any atom is 0.119 e. The molecule has 0 amide bonds. The lowest BCUT2D eigenvalue weighted by Gasteiger charge is -2.19. The highest BCUT2D eigenvalue weighted by atomic mass is 16.5. The Morgan fingerprint density at radius 2 is 1.80 bits per heavy atom. The van der Waals surface area contributed by atoms with Crippen LogP contribution in [-0.2, 0) is 0 Å².